The van der Waals surface area contributed by atoms with Gasteiger partial charge in [-0.05, 0) is 142 Å². The molecule has 6 aliphatic carbocycles. The van der Waals surface area contributed by atoms with Gasteiger partial charge in [0.05, 0.1) is 30.7 Å². The number of aliphatic hydroxyl groups is 3. The van der Waals surface area contributed by atoms with Gasteiger partial charge in [-0.1, -0.05) is 13.8 Å². The minimum absolute atomic E-state index is 0.00248. The molecule has 6 saturated carbocycles. The minimum Gasteiger partial charge on any atom is -0.465 e. The number of esters is 2. The molecule has 3 N–H and O–H groups in total. The molecule has 0 saturated heterocycles. The van der Waals surface area contributed by atoms with E-state index in [0.717, 1.165) is 32.1 Å². The lowest BCUT2D eigenvalue weighted by Crippen LogP contribution is -2.56. The molecular formula is C36H52F6O7. The molecule has 6 bridgehead atoms. The molecule has 0 aromatic heterocycles. The van der Waals surface area contributed by atoms with E-state index in [-0.39, 0.29) is 60.6 Å². The SMILES string of the molecule is CC1C2CC(C(=O)OCCCC(O)(C(F)(F)F)C(F)(F)F)C(C2)C1[C@H]1C2CC(C(C(C)(C)O)C2)[C@H]1C1C2CC(C(=O)OCCO)C(C2)C1C. The first-order chi connectivity index (χ1) is 22.7. The van der Waals surface area contributed by atoms with Crippen molar-refractivity contribution in [2.24, 2.45) is 88.8 Å². The summed E-state index contributed by atoms with van der Waals surface area (Å²) in [4.78, 5) is 26.3. The van der Waals surface area contributed by atoms with Crippen molar-refractivity contribution >= 4 is 11.9 Å². The second-order valence-corrected chi connectivity index (χ2v) is 17.2. The van der Waals surface area contributed by atoms with Gasteiger partial charge in [-0.25, -0.2) is 0 Å². The Kier molecular flexibility index (Phi) is 9.72. The van der Waals surface area contributed by atoms with Crippen molar-refractivity contribution in [3.63, 3.8) is 0 Å². The lowest BCUT2D eigenvalue weighted by molar-refractivity contribution is -0.370. The summed E-state index contributed by atoms with van der Waals surface area (Å²) in [6.07, 6.45) is -9.26. The molecule has 7 nitrogen and oxygen atoms in total. The highest BCUT2D eigenvalue weighted by molar-refractivity contribution is 5.74. The second-order valence-electron chi connectivity index (χ2n) is 17.2. The number of halogens is 6. The van der Waals surface area contributed by atoms with Crippen LogP contribution in [-0.2, 0) is 19.1 Å². The van der Waals surface area contributed by atoms with Crippen molar-refractivity contribution in [1.82, 2.24) is 0 Å². The van der Waals surface area contributed by atoms with Crippen LogP contribution in [-0.4, -0.2) is 70.6 Å². The van der Waals surface area contributed by atoms with E-state index in [4.69, 9.17) is 14.6 Å². The number of ether oxygens (including phenoxy) is 2. The van der Waals surface area contributed by atoms with Gasteiger partial charge in [-0.3, -0.25) is 9.59 Å². The molecule has 0 radical (unpaired) electrons. The molecule has 15 atom stereocenters. The van der Waals surface area contributed by atoms with E-state index in [2.05, 4.69) is 13.8 Å². The molecule has 49 heavy (non-hydrogen) atoms. The molecule has 0 heterocycles. The molecule has 6 aliphatic rings. The molecule has 6 fully saturated rings. The zero-order chi connectivity index (χ0) is 36.0. The molecule has 0 amide bonds. The van der Waals surface area contributed by atoms with E-state index in [0.29, 0.717) is 47.8 Å². The van der Waals surface area contributed by atoms with E-state index in [1.807, 2.05) is 13.8 Å². The Labute approximate surface area is 283 Å². The normalized spacial score (nSPS) is 43.1. The second kappa shape index (κ2) is 12.8. The zero-order valence-electron chi connectivity index (χ0n) is 28.7. The molecule has 0 aromatic rings. The summed E-state index contributed by atoms with van der Waals surface area (Å²) in [7, 11) is 0. The van der Waals surface area contributed by atoms with Crippen molar-refractivity contribution in [2.45, 2.75) is 103 Å². The average molecular weight is 711 g/mol. The fourth-order valence-corrected chi connectivity index (χ4v) is 12.9. The maximum absolute atomic E-state index is 13.4. The maximum atomic E-state index is 13.4. The molecule has 6 rings (SSSR count). The van der Waals surface area contributed by atoms with Crippen molar-refractivity contribution in [3.05, 3.63) is 0 Å². The number of fused-ring (bicyclic) bond motifs is 6. The van der Waals surface area contributed by atoms with Gasteiger partial charge in [0, 0.05) is 0 Å². The Morgan fingerprint density at radius 1 is 0.653 bits per heavy atom. The van der Waals surface area contributed by atoms with Crippen molar-refractivity contribution in [2.75, 3.05) is 19.8 Å². The highest BCUT2D eigenvalue weighted by Crippen LogP contribution is 2.72. The first kappa shape index (κ1) is 37.2. The number of rotatable bonds is 11. The van der Waals surface area contributed by atoms with Gasteiger partial charge in [0.2, 0.25) is 0 Å². The third-order valence-electron chi connectivity index (χ3n) is 14.7. The Morgan fingerprint density at radius 3 is 1.73 bits per heavy atom. The predicted molar refractivity (Wildman–Crippen MR) is 163 cm³/mol. The molecule has 13 heteroatoms. The Bertz CT molecular complexity index is 1230. The monoisotopic (exact) mass is 710 g/mol. The summed E-state index contributed by atoms with van der Waals surface area (Å²) < 4.78 is 89.3. The van der Waals surface area contributed by atoms with E-state index in [1.54, 1.807) is 0 Å². The van der Waals surface area contributed by atoms with Crippen molar-refractivity contribution in [3.8, 4) is 0 Å². The first-order valence-electron chi connectivity index (χ1n) is 18.2. The molecule has 0 aliphatic heterocycles. The summed E-state index contributed by atoms with van der Waals surface area (Å²) >= 11 is 0. The molecule has 13 unspecified atom stereocenters. The lowest BCUT2D eigenvalue weighted by Gasteiger charge is -2.51. The first-order valence-corrected chi connectivity index (χ1v) is 18.2. The van der Waals surface area contributed by atoms with Gasteiger partial charge in [0.15, 0.2) is 0 Å². The smallest absolute Gasteiger partial charge is 0.426 e. The highest BCUT2D eigenvalue weighted by Gasteiger charge is 2.70. The van der Waals surface area contributed by atoms with Gasteiger partial charge in [-0.15, -0.1) is 0 Å². The van der Waals surface area contributed by atoms with E-state index in [9.17, 15) is 46.1 Å². The van der Waals surface area contributed by atoms with Crippen LogP contribution < -0.4 is 0 Å². The fourth-order valence-electron chi connectivity index (χ4n) is 12.9. The third kappa shape index (κ3) is 6.11. The highest BCUT2D eigenvalue weighted by atomic mass is 19.4. The van der Waals surface area contributed by atoms with Gasteiger partial charge < -0.3 is 24.8 Å². The van der Waals surface area contributed by atoms with Gasteiger partial charge in [-0.2, -0.15) is 26.3 Å². The number of hydrogen-bond acceptors (Lipinski definition) is 7. The van der Waals surface area contributed by atoms with E-state index >= 15 is 0 Å². The van der Waals surface area contributed by atoms with Crippen LogP contribution in [0, 0.1) is 88.8 Å². The molecule has 280 valence electrons. The Balaban J connectivity index is 1.18. The summed E-state index contributed by atoms with van der Waals surface area (Å²) in [6.45, 7) is 7.39. The lowest BCUT2D eigenvalue weighted by atomic mass is 9.54. The quantitative estimate of drug-likeness (QED) is 0.134. The average Bonchev–Trinajstić information content (AvgIpc) is 3.84. The Hall–Kier alpha value is -1.60. The van der Waals surface area contributed by atoms with Crippen LogP contribution in [0.4, 0.5) is 26.3 Å². The topological polar surface area (TPSA) is 113 Å². The number of alkyl halides is 6. The van der Waals surface area contributed by atoms with E-state index in [1.165, 1.54) is 0 Å². The molecular weight excluding hydrogens is 658 g/mol. The van der Waals surface area contributed by atoms with E-state index < -0.39 is 54.9 Å². The third-order valence-corrected chi connectivity index (χ3v) is 14.7. The summed E-state index contributed by atoms with van der Waals surface area (Å²) in [5, 5.41) is 29.9. The van der Waals surface area contributed by atoms with Crippen LogP contribution >= 0.6 is 0 Å². The maximum Gasteiger partial charge on any atom is 0.426 e. The van der Waals surface area contributed by atoms with Crippen LogP contribution in [0.25, 0.3) is 0 Å². The largest absolute Gasteiger partial charge is 0.465 e. The fraction of sp³-hybridized carbons (Fsp3) is 0.944. The molecule has 0 spiro atoms. The van der Waals surface area contributed by atoms with Gasteiger partial charge in [0.1, 0.15) is 6.61 Å². The summed E-state index contributed by atoms with van der Waals surface area (Å²) in [5.74, 6) is 1.88. The molecule has 0 aromatic carbocycles. The van der Waals surface area contributed by atoms with Gasteiger partial charge in [0.25, 0.3) is 5.60 Å². The van der Waals surface area contributed by atoms with Crippen LogP contribution in [0.5, 0.6) is 0 Å². The summed E-state index contributed by atoms with van der Waals surface area (Å²) in [5.41, 5.74) is -5.72. The van der Waals surface area contributed by atoms with Gasteiger partial charge >= 0.3 is 24.3 Å². The van der Waals surface area contributed by atoms with Crippen LogP contribution in [0.15, 0.2) is 0 Å². The van der Waals surface area contributed by atoms with Crippen LogP contribution in [0.2, 0.25) is 0 Å². The minimum atomic E-state index is -5.91. The number of carbonyl (C=O) groups excluding carboxylic acids is 2. The zero-order valence-corrected chi connectivity index (χ0v) is 28.7. The number of carbonyl (C=O) groups is 2. The Morgan fingerprint density at radius 2 is 1.18 bits per heavy atom. The van der Waals surface area contributed by atoms with Crippen molar-refractivity contribution < 1.29 is 60.7 Å². The van der Waals surface area contributed by atoms with Crippen molar-refractivity contribution in [1.29, 1.82) is 0 Å². The number of hydrogen-bond donors (Lipinski definition) is 3. The summed E-state index contributed by atoms with van der Waals surface area (Å²) in [6, 6.07) is 0. The number of aliphatic hydroxyl groups excluding tert-OH is 1. The van der Waals surface area contributed by atoms with Crippen LogP contribution in [0.1, 0.15) is 79.1 Å². The standard InChI is InChI=1S/C36H52F6O7/c1-16-18-10-22(24(11-18)32(45)48-8-5-6-34(47,35(37,38)39)36(40,41)42)28(16)29-20-14-25(26(15-20)33(3,4)46)30(29)27-17(2)21-12-19(27)13-23(21)31(44)49-9-7-43/h16-30,43,46-47H,5-15H2,1-4H3/t16?,17?,18?,19?,20?,21?,22?,23?,24?,25?,26?,27?,28?,29-,30+/m1/s1. The predicted octanol–water partition coefficient (Wildman–Crippen LogP) is 6.18. The van der Waals surface area contributed by atoms with Crippen LogP contribution in [0.3, 0.4) is 0 Å².